The van der Waals surface area contributed by atoms with Crippen molar-refractivity contribution in [1.29, 1.82) is 0 Å². The quantitative estimate of drug-likeness (QED) is 0.855. The van der Waals surface area contributed by atoms with E-state index in [0.717, 1.165) is 16.9 Å². The summed E-state index contributed by atoms with van der Waals surface area (Å²) in [5.74, 6) is 1.40. The lowest BCUT2D eigenvalue weighted by Crippen LogP contribution is -2.50. The first kappa shape index (κ1) is 16.8. The van der Waals surface area contributed by atoms with Gasteiger partial charge in [0.05, 0.1) is 17.5 Å². The lowest BCUT2D eigenvalue weighted by molar-refractivity contribution is 0.0842. The second kappa shape index (κ2) is 5.79. The van der Waals surface area contributed by atoms with Crippen molar-refractivity contribution >= 4 is 10.0 Å². The van der Waals surface area contributed by atoms with E-state index in [2.05, 4.69) is 0 Å². The molecule has 0 fully saturated rings. The molecular weight excluding hydrogens is 326 g/mol. The van der Waals surface area contributed by atoms with Gasteiger partial charge in [0.15, 0.2) is 6.73 Å². The number of aryl methyl sites for hydroxylation is 1. The number of hydrogen-bond donors (Lipinski definition) is 0. The van der Waals surface area contributed by atoms with Crippen molar-refractivity contribution in [2.24, 2.45) is 0 Å². The Morgan fingerprint density at radius 3 is 2.46 bits per heavy atom. The summed E-state index contributed by atoms with van der Waals surface area (Å²) < 4.78 is 38.7. The highest BCUT2D eigenvalue weighted by Gasteiger charge is 2.44. The molecule has 0 amide bonds. The predicted molar refractivity (Wildman–Crippen MR) is 91.7 cm³/mol. The first-order valence-electron chi connectivity index (χ1n) is 7.68. The zero-order valence-electron chi connectivity index (χ0n) is 14.2. The van der Waals surface area contributed by atoms with Gasteiger partial charge >= 0.3 is 0 Å². The van der Waals surface area contributed by atoms with E-state index in [1.807, 2.05) is 32.9 Å². The number of ether oxygens (including phenoxy) is 2. The Morgan fingerprint density at radius 2 is 1.83 bits per heavy atom. The topological polar surface area (TPSA) is 55.8 Å². The van der Waals surface area contributed by atoms with Crippen LogP contribution < -0.4 is 9.47 Å². The molecule has 2 aromatic carbocycles. The molecule has 128 valence electrons. The van der Waals surface area contributed by atoms with Gasteiger partial charge in [-0.15, -0.1) is 0 Å². The number of fused-ring (bicyclic) bond motifs is 1. The summed E-state index contributed by atoms with van der Waals surface area (Å²) in [6.45, 7) is 5.67. The van der Waals surface area contributed by atoms with Gasteiger partial charge in [-0.3, -0.25) is 0 Å². The molecule has 0 N–H and O–H groups in total. The number of hydrogen-bond acceptors (Lipinski definition) is 4. The van der Waals surface area contributed by atoms with Crippen molar-refractivity contribution < 1.29 is 17.9 Å². The van der Waals surface area contributed by atoms with Crippen molar-refractivity contribution in [3.8, 4) is 11.5 Å². The second-order valence-corrected chi connectivity index (χ2v) is 8.18. The summed E-state index contributed by atoms with van der Waals surface area (Å²) in [4.78, 5) is 0.254. The molecule has 0 bridgehead atoms. The monoisotopic (exact) mass is 347 g/mol. The van der Waals surface area contributed by atoms with E-state index in [1.165, 1.54) is 4.31 Å². The van der Waals surface area contributed by atoms with Gasteiger partial charge in [-0.25, -0.2) is 8.42 Å². The van der Waals surface area contributed by atoms with Crippen LogP contribution in [0.25, 0.3) is 0 Å². The standard InChI is InChI=1S/C18H21NO4S/c1-13-10-14(22-4)11-16-17(13)23-12-19(18(16,2)3)24(20,21)15-8-6-5-7-9-15/h5-11H,12H2,1-4H3. The Labute approximate surface area is 142 Å². The Bertz CT molecular complexity index is 860. The van der Waals surface area contributed by atoms with Crippen molar-refractivity contribution in [1.82, 2.24) is 4.31 Å². The molecule has 3 rings (SSSR count). The fraction of sp³-hybridized carbons (Fsp3) is 0.333. The van der Waals surface area contributed by atoms with Crippen LogP contribution in [0.5, 0.6) is 11.5 Å². The SMILES string of the molecule is COc1cc(C)c2c(c1)C(C)(C)N(S(=O)(=O)c1ccccc1)CO2. The highest BCUT2D eigenvalue weighted by Crippen LogP contribution is 2.44. The molecule has 0 aromatic heterocycles. The minimum Gasteiger partial charge on any atom is -0.497 e. The summed E-state index contributed by atoms with van der Waals surface area (Å²) >= 11 is 0. The number of methoxy groups -OCH3 is 1. The summed E-state index contributed by atoms with van der Waals surface area (Å²) in [7, 11) is -2.08. The van der Waals surface area contributed by atoms with E-state index in [4.69, 9.17) is 9.47 Å². The zero-order chi connectivity index (χ0) is 17.5. The normalized spacial score (nSPS) is 17.0. The Kier molecular flexibility index (Phi) is 4.05. The van der Waals surface area contributed by atoms with Crippen LogP contribution in [0.15, 0.2) is 47.4 Å². The molecule has 0 radical (unpaired) electrons. The zero-order valence-corrected chi connectivity index (χ0v) is 15.1. The first-order chi connectivity index (χ1) is 11.3. The molecule has 1 aliphatic heterocycles. The Hall–Kier alpha value is -2.05. The van der Waals surface area contributed by atoms with E-state index in [0.29, 0.717) is 5.75 Å². The number of nitrogens with zero attached hydrogens (tertiary/aromatic N) is 1. The third-order valence-electron chi connectivity index (χ3n) is 4.42. The molecule has 0 spiro atoms. The lowest BCUT2D eigenvalue weighted by atomic mass is 9.90. The average molecular weight is 347 g/mol. The number of sulfonamides is 1. The molecule has 1 aliphatic rings. The first-order valence-corrected chi connectivity index (χ1v) is 9.12. The van der Waals surface area contributed by atoms with Crippen molar-refractivity contribution in [2.45, 2.75) is 31.2 Å². The van der Waals surface area contributed by atoms with Gasteiger partial charge in [-0.1, -0.05) is 18.2 Å². The van der Waals surface area contributed by atoms with Crippen LogP contribution in [0.1, 0.15) is 25.0 Å². The van der Waals surface area contributed by atoms with Crippen LogP contribution in [-0.2, 0) is 15.6 Å². The highest BCUT2D eigenvalue weighted by atomic mass is 32.2. The molecule has 1 heterocycles. The lowest BCUT2D eigenvalue weighted by Gasteiger charge is -2.42. The van der Waals surface area contributed by atoms with E-state index in [-0.39, 0.29) is 11.6 Å². The van der Waals surface area contributed by atoms with Gasteiger partial charge in [0.25, 0.3) is 0 Å². The van der Waals surface area contributed by atoms with Gasteiger partial charge in [0.2, 0.25) is 10.0 Å². The van der Waals surface area contributed by atoms with Gasteiger partial charge in [-0.05, 0) is 50.6 Å². The maximum absolute atomic E-state index is 13.1. The molecule has 0 saturated heterocycles. The highest BCUT2D eigenvalue weighted by molar-refractivity contribution is 7.89. The molecule has 0 aliphatic carbocycles. The maximum Gasteiger partial charge on any atom is 0.246 e. The largest absolute Gasteiger partial charge is 0.497 e. The van der Waals surface area contributed by atoms with E-state index in [1.54, 1.807) is 37.4 Å². The molecule has 0 unspecified atom stereocenters. The molecule has 24 heavy (non-hydrogen) atoms. The maximum atomic E-state index is 13.1. The van der Waals surface area contributed by atoms with Crippen LogP contribution in [0, 0.1) is 6.92 Å². The van der Waals surface area contributed by atoms with E-state index >= 15 is 0 Å². The minimum absolute atomic E-state index is 0.0234. The minimum atomic E-state index is -3.68. The summed E-state index contributed by atoms with van der Waals surface area (Å²) in [5, 5.41) is 0. The summed E-state index contributed by atoms with van der Waals surface area (Å²) in [6, 6.07) is 12.1. The smallest absolute Gasteiger partial charge is 0.246 e. The fourth-order valence-electron chi connectivity index (χ4n) is 3.01. The molecule has 6 heteroatoms. The Balaban J connectivity index is 2.13. The van der Waals surface area contributed by atoms with Gasteiger partial charge in [0.1, 0.15) is 11.5 Å². The third-order valence-corrected chi connectivity index (χ3v) is 6.43. The molecule has 0 saturated carbocycles. The van der Waals surface area contributed by atoms with E-state index in [9.17, 15) is 8.42 Å². The van der Waals surface area contributed by atoms with Crippen molar-refractivity contribution in [3.05, 3.63) is 53.6 Å². The van der Waals surface area contributed by atoms with Crippen molar-refractivity contribution in [3.63, 3.8) is 0 Å². The third kappa shape index (κ3) is 2.56. The van der Waals surface area contributed by atoms with Gasteiger partial charge in [-0.2, -0.15) is 4.31 Å². The summed E-state index contributed by atoms with van der Waals surface area (Å²) in [6.07, 6.45) is 0. The number of benzene rings is 2. The molecule has 0 atom stereocenters. The average Bonchev–Trinajstić information content (AvgIpc) is 2.55. The molecular formula is C18H21NO4S. The second-order valence-electron chi connectivity index (χ2n) is 6.32. The van der Waals surface area contributed by atoms with Gasteiger partial charge < -0.3 is 9.47 Å². The fourth-order valence-corrected chi connectivity index (χ4v) is 4.66. The molecule has 5 nitrogen and oxygen atoms in total. The Morgan fingerprint density at radius 1 is 1.17 bits per heavy atom. The van der Waals surface area contributed by atoms with E-state index < -0.39 is 15.6 Å². The van der Waals surface area contributed by atoms with Crippen LogP contribution in [-0.4, -0.2) is 26.6 Å². The molecule has 2 aromatic rings. The van der Waals surface area contributed by atoms with Crippen LogP contribution in [0.4, 0.5) is 0 Å². The van der Waals surface area contributed by atoms with Crippen LogP contribution in [0.3, 0.4) is 0 Å². The van der Waals surface area contributed by atoms with Gasteiger partial charge in [0, 0.05) is 5.56 Å². The van der Waals surface area contributed by atoms with Crippen LogP contribution >= 0.6 is 0 Å². The van der Waals surface area contributed by atoms with Crippen LogP contribution in [0.2, 0.25) is 0 Å². The number of rotatable bonds is 3. The van der Waals surface area contributed by atoms with Crippen molar-refractivity contribution in [2.75, 3.05) is 13.8 Å². The predicted octanol–water partition coefficient (Wildman–Crippen LogP) is 3.28. The summed E-state index contributed by atoms with van der Waals surface area (Å²) in [5.41, 5.74) is 0.959.